The molecule has 0 radical (unpaired) electrons. The summed E-state index contributed by atoms with van der Waals surface area (Å²) >= 11 is 5.83. The first kappa shape index (κ1) is 11.9. The molecular weight excluding hydrogens is 232 g/mol. The maximum absolute atomic E-state index is 11.6. The van der Waals surface area contributed by atoms with Crippen molar-refractivity contribution in [3.8, 4) is 0 Å². The third kappa shape index (κ3) is 2.75. The summed E-state index contributed by atoms with van der Waals surface area (Å²) in [7, 11) is 0. The number of halogens is 1. The Labute approximate surface area is 106 Å². The molecule has 1 aliphatic carbocycles. The van der Waals surface area contributed by atoms with Crippen LogP contribution >= 0.6 is 11.6 Å². The number of hydrogen-bond acceptors (Lipinski definition) is 1. The Hall–Kier alpha value is -1.60. The van der Waals surface area contributed by atoms with E-state index in [2.05, 4.69) is 0 Å². The van der Waals surface area contributed by atoms with Crippen LogP contribution in [0.2, 0.25) is 5.02 Å². The zero-order valence-corrected chi connectivity index (χ0v) is 10.6. The van der Waals surface area contributed by atoms with Crippen molar-refractivity contribution in [2.45, 2.75) is 13.8 Å². The molecule has 1 aromatic rings. The Kier molecular flexibility index (Phi) is 3.30. The normalized spacial score (nSPS) is 15.5. The monoisotopic (exact) mass is 244 g/mol. The van der Waals surface area contributed by atoms with Crippen LogP contribution in [0.5, 0.6) is 0 Å². The summed E-state index contributed by atoms with van der Waals surface area (Å²) in [5.74, 6) is 0.123. The van der Waals surface area contributed by atoms with Crippen molar-refractivity contribution in [2.75, 3.05) is 0 Å². The van der Waals surface area contributed by atoms with Crippen LogP contribution in [-0.2, 0) is 4.79 Å². The third-order valence-electron chi connectivity index (χ3n) is 2.69. The highest BCUT2D eigenvalue weighted by Crippen LogP contribution is 2.21. The molecule has 0 unspecified atom stereocenters. The molecule has 0 amide bonds. The lowest BCUT2D eigenvalue weighted by Crippen LogP contribution is -2.05. The minimum Gasteiger partial charge on any atom is -0.289 e. The van der Waals surface area contributed by atoms with Gasteiger partial charge in [-0.25, -0.2) is 0 Å². The molecule has 2 heteroatoms. The van der Waals surface area contributed by atoms with Crippen LogP contribution in [-0.4, -0.2) is 5.78 Å². The highest BCUT2D eigenvalue weighted by molar-refractivity contribution is 6.30. The van der Waals surface area contributed by atoms with E-state index in [1.54, 1.807) is 0 Å². The standard InChI is InChI=1S/C15H13ClO/c1-10-7-13(8-11(2)15(10)17)9-12-3-5-14(16)6-4-12/h3-9H,1-2H3. The van der Waals surface area contributed by atoms with E-state index < -0.39 is 0 Å². The second kappa shape index (κ2) is 4.72. The lowest BCUT2D eigenvalue weighted by atomic mass is 9.95. The maximum atomic E-state index is 11.6. The van der Waals surface area contributed by atoms with Gasteiger partial charge in [0.25, 0.3) is 0 Å². The molecule has 0 heterocycles. The van der Waals surface area contributed by atoms with Gasteiger partial charge in [-0.05, 0) is 66.5 Å². The second-order valence-corrected chi connectivity index (χ2v) is 4.62. The van der Waals surface area contributed by atoms with E-state index in [1.807, 2.05) is 56.3 Å². The average molecular weight is 245 g/mol. The Morgan fingerprint density at radius 2 is 1.53 bits per heavy atom. The summed E-state index contributed by atoms with van der Waals surface area (Å²) in [6, 6.07) is 7.63. The molecule has 0 saturated heterocycles. The van der Waals surface area contributed by atoms with E-state index in [0.717, 1.165) is 27.3 Å². The van der Waals surface area contributed by atoms with Crippen LogP contribution in [0.25, 0.3) is 6.08 Å². The number of allylic oxidation sites excluding steroid dienone is 5. The minimum atomic E-state index is 0.123. The predicted molar refractivity (Wildman–Crippen MR) is 72.0 cm³/mol. The van der Waals surface area contributed by atoms with Gasteiger partial charge < -0.3 is 0 Å². The number of carbonyl (C=O) groups is 1. The molecule has 0 atom stereocenters. The zero-order valence-electron chi connectivity index (χ0n) is 9.83. The predicted octanol–water partition coefficient (Wildman–Crippen LogP) is 4.20. The summed E-state index contributed by atoms with van der Waals surface area (Å²) in [4.78, 5) is 11.6. The molecule has 0 saturated carbocycles. The summed E-state index contributed by atoms with van der Waals surface area (Å²) in [6.07, 6.45) is 5.85. The molecule has 1 aliphatic rings. The van der Waals surface area contributed by atoms with Gasteiger partial charge in [-0.15, -0.1) is 0 Å². The summed E-state index contributed by atoms with van der Waals surface area (Å²) in [5, 5.41) is 0.726. The average Bonchev–Trinajstić information content (AvgIpc) is 2.29. The lowest BCUT2D eigenvalue weighted by Gasteiger charge is -2.09. The molecule has 17 heavy (non-hydrogen) atoms. The fourth-order valence-corrected chi connectivity index (χ4v) is 1.94. The topological polar surface area (TPSA) is 17.1 Å². The Morgan fingerprint density at radius 3 is 2.06 bits per heavy atom. The smallest absolute Gasteiger partial charge is 0.184 e. The van der Waals surface area contributed by atoms with Crippen molar-refractivity contribution in [1.29, 1.82) is 0 Å². The Balaban J connectivity index is 2.35. The number of ketones is 1. The van der Waals surface area contributed by atoms with E-state index in [-0.39, 0.29) is 5.78 Å². The van der Waals surface area contributed by atoms with Crippen LogP contribution in [0.15, 0.2) is 53.1 Å². The number of benzene rings is 1. The lowest BCUT2D eigenvalue weighted by molar-refractivity contribution is -0.112. The largest absolute Gasteiger partial charge is 0.289 e. The number of carbonyl (C=O) groups excluding carboxylic acids is 1. The maximum Gasteiger partial charge on any atom is 0.184 e. The number of rotatable bonds is 1. The summed E-state index contributed by atoms with van der Waals surface area (Å²) < 4.78 is 0. The molecule has 0 aromatic heterocycles. The molecule has 0 N–H and O–H groups in total. The van der Waals surface area contributed by atoms with Gasteiger partial charge in [0.15, 0.2) is 5.78 Å². The van der Waals surface area contributed by atoms with Crippen molar-refractivity contribution in [2.24, 2.45) is 0 Å². The van der Waals surface area contributed by atoms with E-state index in [0.29, 0.717) is 0 Å². The van der Waals surface area contributed by atoms with Gasteiger partial charge in [0, 0.05) is 5.02 Å². The first-order valence-corrected chi connectivity index (χ1v) is 5.82. The van der Waals surface area contributed by atoms with Crippen molar-refractivity contribution in [3.63, 3.8) is 0 Å². The minimum absolute atomic E-state index is 0.123. The quantitative estimate of drug-likeness (QED) is 0.724. The molecule has 0 aliphatic heterocycles. The van der Waals surface area contributed by atoms with Crippen LogP contribution < -0.4 is 0 Å². The molecular formula is C15H13ClO. The number of hydrogen-bond donors (Lipinski definition) is 0. The first-order valence-electron chi connectivity index (χ1n) is 5.45. The fraction of sp³-hybridized carbons (Fsp3) is 0.133. The highest BCUT2D eigenvalue weighted by Gasteiger charge is 2.12. The first-order chi connectivity index (χ1) is 8.06. The molecule has 2 rings (SSSR count). The van der Waals surface area contributed by atoms with E-state index >= 15 is 0 Å². The van der Waals surface area contributed by atoms with Crippen LogP contribution in [0.1, 0.15) is 19.4 Å². The summed E-state index contributed by atoms with van der Waals surface area (Å²) in [6.45, 7) is 3.68. The van der Waals surface area contributed by atoms with Crippen LogP contribution in [0.3, 0.4) is 0 Å². The zero-order chi connectivity index (χ0) is 12.4. The van der Waals surface area contributed by atoms with Gasteiger partial charge in [0.05, 0.1) is 0 Å². The van der Waals surface area contributed by atoms with Crippen molar-refractivity contribution >= 4 is 23.5 Å². The van der Waals surface area contributed by atoms with E-state index in [9.17, 15) is 4.79 Å². The molecule has 0 spiro atoms. The van der Waals surface area contributed by atoms with Gasteiger partial charge in [0.2, 0.25) is 0 Å². The van der Waals surface area contributed by atoms with E-state index in [1.165, 1.54) is 0 Å². The van der Waals surface area contributed by atoms with Crippen molar-refractivity contribution in [1.82, 2.24) is 0 Å². The molecule has 0 fully saturated rings. The van der Waals surface area contributed by atoms with Crippen LogP contribution in [0, 0.1) is 0 Å². The number of Topliss-reactive ketones (excluding diaryl/α,β-unsaturated/α-hetero) is 1. The van der Waals surface area contributed by atoms with Gasteiger partial charge >= 0.3 is 0 Å². The van der Waals surface area contributed by atoms with Gasteiger partial charge in [0.1, 0.15) is 0 Å². The molecule has 1 aromatic carbocycles. The van der Waals surface area contributed by atoms with Crippen LogP contribution in [0.4, 0.5) is 0 Å². The third-order valence-corrected chi connectivity index (χ3v) is 2.94. The Bertz CT molecular complexity index is 521. The summed E-state index contributed by atoms with van der Waals surface area (Å²) in [5.41, 5.74) is 3.68. The molecule has 0 bridgehead atoms. The van der Waals surface area contributed by atoms with Gasteiger partial charge in [-0.2, -0.15) is 0 Å². The van der Waals surface area contributed by atoms with E-state index in [4.69, 9.17) is 11.6 Å². The van der Waals surface area contributed by atoms with Crippen molar-refractivity contribution < 1.29 is 4.79 Å². The molecule has 1 nitrogen and oxygen atoms in total. The van der Waals surface area contributed by atoms with Crippen molar-refractivity contribution in [3.05, 3.63) is 63.7 Å². The van der Waals surface area contributed by atoms with Gasteiger partial charge in [-0.1, -0.05) is 23.7 Å². The SMILES string of the molecule is CC1=CC(=Cc2ccc(Cl)cc2)C=C(C)C1=O. The molecule has 86 valence electrons. The fourth-order valence-electron chi connectivity index (χ4n) is 1.82. The Morgan fingerprint density at radius 1 is 1.00 bits per heavy atom. The van der Waals surface area contributed by atoms with Gasteiger partial charge in [-0.3, -0.25) is 4.79 Å². The second-order valence-electron chi connectivity index (χ2n) is 4.18. The highest BCUT2D eigenvalue weighted by atomic mass is 35.5.